The molecule has 7 aromatic rings. The molecule has 0 saturated heterocycles. The number of hydrogen-bond donors (Lipinski definition) is 2. The lowest BCUT2D eigenvalue weighted by molar-refractivity contribution is -0.170. The Balaban J connectivity index is 1.54. The molecule has 2 aliphatic heterocycles. The maximum atomic E-state index is 14.7. The predicted octanol–water partition coefficient (Wildman–Crippen LogP) is 8.14. The van der Waals surface area contributed by atoms with Gasteiger partial charge in [-0.1, -0.05) is 48.5 Å². The minimum absolute atomic E-state index is 0.0428. The summed E-state index contributed by atoms with van der Waals surface area (Å²) < 4.78 is 65.9. The third kappa shape index (κ3) is 15.1. The number of aromatic nitrogens is 8. The number of esters is 12. The molecule has 5 heterocycles. The monoisotopic (exact) mass is 1490 g/mol. The van der Waals surface area contributed by atoms with E-state index in [0.717, 1.165) is 0 Å². The summed E-state index contributed by atoms with van der Waals surface area (Å²) in [5.74, 6) is -14.1. The molecular weight excluding hydrogens is 1410 g/mol. The number of H-pyrrole nitrogens is 2. The highest BCUT2D eigenvalue weighted by atomic mass is 16.6. The third-order valence-electron chi connectivity index (χ3n) is 17.7. The molecule has 2 aliphatic rings. The van der Waals surface area contributed by atoms with Gasteiger partial charge in [-0.05, 0) is 130 Å². The smallest absolute Gasteiger partial charge is 0.328 e. The van der Waals surface area contributed by atoms with Crippen molar-refractivity contribution in [2.24, 2.45) is 0 Å². The highest BCUT2D eigenvalue weighted by Crippen LogP contribution is 2.45. The molecule has 0 radical (unpaired) electrons. The van der Waals surface area contributed by atoms with E-state index in [1.165, 1.54) is 156 Å². The minimum atomic E-state index is -2.55. The summed E-state index contributed by atoms with van der Waals surface area (Å²) in [5.41, 5.74) is -10.9. The van der Waals surface area contributed by atoms with Gasteiger partial charge in [0.1, 0.15) is 22.6 Å². The van der Waals surface area contributed by atoms with Crippen LogP contribution in [0, 0.1) is 0 Å². The fraction of sp³-hybridized carbons (Fsp3) is 0.421. The van der Waals surface area contributed by atoms with Crippen molar-refractivity contribution in [2.45, 2.75) is 130 Å². The van der Waals surface area contributed by atoms with Crippen molar-refractivity contribution < 1.29 is 114 Å². The topological polar surface area (TPSA) is 425 Å². The molecule has 0 amide bonds. The standard InChI is InChI=1S/C76H82N8O24/c1-13-97-53(85)37-73(65(89)101-17-5,66(90)102-18-6)41-25-29-45-49(33-41)61-77-57(45)82-62-51-35-43(75(69(93)105-21-9,70(94)106-22-10)39-55(87)99-15-3)27-31-47(51)59(79-62)84-64-52-36-44(76(71(95)107-23-11,72(96)108-24-12)40-56(88)100-16-4)28-32-48(52)60(80-64)83-63-50-34-42(26-30-46(50)58(78-63)81-61)74(67(91)103-19-7,68(92)104-20-8)38-54(86)98-14-2/h25-36H,13-24,37-40H2,1-12H3,(H2,77,78,79,80,81,82,83,84). The summed E-state index contributed by atoms with van der Waals surface area (Å²) in [6.07, 6.45) is -3.65. The first kappa shape index (κ1) is 80.0. The predicted molar refractivity (Wildman–Crippen MR) is 381 cm³/mol. The fourth-order valence-corrected chi connectivity index (χ4v) is 12.9. The molecule has 0 fully saturated rings. The molecule has 8 bridgehead atoms. The van der Waals surface area contributed by atoms with Gasteiger partial charge in [-0.2, -0.15) is 0 Å². The number of ether oxygens (including phenoxy) is 12. The van der Waals surface area contributed by atoms with Crippen LogP contribution in [0.3, 0.4) is 0 Å². The Morgan fingerprint density at radius 2 is 0.454 bits per heavy atom. The van der Waals surface area contributed by atoms with E-state index in [1.807, 2.05) is 0 Å². The van der Waals surface area contributed by atoms with Gasteiger partial charge in [0.25, 0.3) is 0 Å². The van der Waals surface area contributed by atoms with Gasteiger partial charge >= 0.3 is 71.6 Å². The molecule has 9 rings (SSSR count). The van der Waals surface area contributed by atoms with E-state index in [0.29, 0.717) is 0 Å². The van der Waals surface area contributed by atoms with Crippen molar-refractivity contribution in [3.63, 3.8) is 0 Å². The molecule has 32 heteroatoms. The number of fused-ring (bicyclic) bond motifs is 20. The van der Waals surface area contributed by atoms with E-state index in [1.54, 1.807) is 0 Å². The maximum absolute atomic E-state index is 14.7. The van der Waals surface area contributed by atoms with Crippen LogP contribution in [0.1, 0.15) is 131 Å². The van der Waals surface area contributed by atoms with E-state index in [4.69, 9.17) is 86.7 Å². The zero-order valence-corrected chi connectivity index (χ0v) is 61.7. The van der Waals surface area contributed by atoms with Crippen LogP contribution in [0.5, 0.6) is 0 Å². The van der Waals surface area contributed by atoms with E-state index < -0.39 is 119 Å². The second-order valence-corrected chi connectivity index (χ2v) is 24.0. The SMILES string of the molecule is CCOC(=O)CC(C(=O)OCC)(C(=O)OCC)c1ccc2c(c1)-c1nc-2nc2[nH]c(nc3nc(nc4[nH]c(n1)c1ccc(C(CC(=O)OCC)(C(=O)OCC)C(=O)OCC)cc41)-c1ccc(C(CC(=O)OCC)(C(=O)OCC)C(=O)OCC)cc1-3)c1ccc(C(CC(=O)OCC)(C(=O)OCC)C(=O)OCC)cc21. The molecule has 4 aromatic carbocycles. The molecule has 108 heavy (non-hydrogen) atoms. The quantitative estimate of drug-likeness (QED) is 0.0228. The second kappa shape index (κ2) is 34.4. The molecule has 32 nitrogen and oxygen atoms in total. The molecule has 0 aliphatic carbocycles. The van der Waals surface area contributed by atoms with Crippen molar-refractivity contribution in [1.29, 1.82) is 0 Å². The minimum Gasteiger partial charge on any atom is -0.466 e. The molecule has 3 aromatic heterocycles. The first-order chi connectivity index (χ1) is 51.9. The van der Waals surface area contributed by atoms with Gasteiger partial charge in [-0.3, -0.25) is 57.5 Å². The summed E-state index contributed by atoms with van der Waals surface area (Å²) in [4.78, 5) is 209. The maximum Gasteiger partial charge on any atom is 0.328 e. The summed E-state index contributed by atoms with van der Waals surface area (Å²) in [7, 11) is 0. The number of carbonyl (C=O) groups is 12. The Hall–Kier alpha value is -12.1. The molecule has 570 valence electrons. The second-order valence-electron chi connectivity index (χ2n) is 24.0. The van der Waals surface area contributed by atoms with Crippen LogP contribution in [0.2, 0.25) is 0 Å². The number of benzene rings is 4. The van der Waals surface area contributed by atoms with Crippen molar-refractivity contribution in [1.82, 2.24) is 39.9 Å². The Bertz CT molecular complexity index is 4530. The van der Waals surface area contributed by atoms with E-state index in [2.05, 4.69) is 9.97 Å². The number of aromatic amines is 2. The molecule has 0 atom stereocenters. The summed E-state index contributed by atoms with van der Waals surface area (Å²) >= 11 is 0. The van der Waals surface area contributed by atoms with Gasteiger partial charge in [0.05, 0.1) is 105 Å². The van der Waals surface area contributed by atoms with Crippen LogP contribution >= 0.6 is 0 Å². The van der Waals surface area contributed by atoms with Crippen molar-refractivity contribution in [2.75, 3.05) is 79.3 Å². The van der Waals surface area contributed by atoms with Crippen LogP contribution < -0.4 is 0 Å². The van der Waals surface area contributed by atoms with Gasteiger partial charge < -0.3 is 66.8 Å². The molecule has 2 N–H and O–H groups in total. The first-order valence-corrected chi connectivity index (χ1v) is 35.3. The number of nitrogens with zero attached hydrogens (tertiary/aromatic N) is 6. The summed E-state index contributed by atoms with van der Waals surface area (Å²) in [5, 5.41) is 0.470. The highest BCUT2D eigenvalue weighted by molar-refractivity contribution is 6.15. The van der Waals surface area contributed by atoms with E-state index in [9.17, 15) is 57.5 Å². The summed E-state index contributed by atoms with van der Waals surface area (Å²) in [6, 6.07) is 16.7. The van der Waals surface area contributed by atoms with Gasteiger partial charge in [0.2, 0.25) is 0 Å². The molecule has 0 spiro atoms. The average Bonchev–Trinajstić information content (AvgIpc) is 1.53. The zero-order chi connectivity index (χ0) is 78.4. The molecule has 0 saturated carbocycles. The lowest BCUT2D eigenvalue weighted by Crippen LogP contribution is -2.48. The van der Waals surface area contributed by atoms with Crippen molar-refractivity contribution in [3.8, 4) is 45.6 Å². The normalized spacial score (nSPS) is 11.8. The Labute approximate surface area is 617 Å². The molecular formula is C76H82N8O24. The Morgan fingerprint density at radius 3 is 0.685 bits per heavy atom. The highest BCUT2D eigenvalue weighted by Gasteiger charge is 2.57. The van der Waals surface area contributed by atoms with Crippen LogP contribution in [0.15, 0.2) is 72.8 Å². The lowest BCUT2D eigenvalue weighted by Gasteiger charge is -2.29. The van der Waals surface area contributed by atoms with E-state index in [-0.39, 0.29) is 191 Å². The van der Waals surface area contributed by atoms with Crippen LogP contribution in [0.25, 0.3) is 89.7 Å². The average molecular weight is 1490 g/mol. The first-order valence-electron chi connectivity index (χ1n) is 35.3. The third-order valence-corrected chi connectivity index (χ3v) is 17.7. The van der Waals surface area contributed by atoms with Gasteiger partial charge in [-0.25, -0.2) is 29.9 Å². The van der Waals surface area contributed by atoms with Crippen LogP contribution in [-0.4, -0.2) is 191 Å². The number of hydrogen-bond acceptors (Lipinski definition) is 30. The van der Waals surface area contributed by atoms with Gasteiger partial charge in [-0.15, -0.1) is 0 Å². The number of carbonyl (C=O) groups excluding carboxylic acids is 12. The number of rotatable bonds is 32. The fourth-order valence-electron chi connectivity index (χ4n) is 12.9. The van der Waals surface area contributed by atoms with Gasteiger partial charge in [0, 0.05) is 43.8 Å². The summed E-state index contributed by atoms with van der Waals surface area (Å²) in [6.45, 7) is 15.5. The lowest BCUT2D eigenvalue weighted by atomic mass is 9.76. The number of nitrogens with one attached hydrogen (secondary N) is 2. The van der Waals surface area contributed by atoms with E-state index >= 15 is 0 Å². The largest absolute Gasteiger partial charge is 0.466 e. The van der Waals surface area contributed by atoms with Crippen LogP contribution in [0.4, 0.5) is 0 Å². The van der Waals surface area contributed by atoms with Gasteiger partial charge in [0.15, 0.2) is 45.0 Å². The Morgan fingerprint density at radius 1 is 0.250 bits per heavy atom. The van der Waals surface area contributed by atoms with Crippen molar-refractivity contribution in [3.05, 3.63) is 95.1 Å². The van der Waals surface area contributed by atoms with Crippen molar-refractivity contribution >= 4 is 116 Å². The zero-order valence-electron chi connectivity index (χ0n) is 61.7. The van der Waals surface area contributed by atoms with Crippen LogP contribution in [-0.2, 0) is 136 Å². The Kier molecular flexibility index (Phi) is 25.5. The molecule has 0 unspecified atom stereocenters.